The second-order valence-electron chi connectivity index (χ2n) is 3.32. The molecule has 0 unspecified atom stereocenters. The van der Waals surface area contributed by atoms with Crippen molar-refractivity contribution in [3.05, 3.63) is 60.7 Å². The number of benzene rings is 2. The third-order valence-electron chi connectivity index (χ3n) is 1.69. The van der Waals surface area contributed by atoms with Gasteiger partial charge >= 0.3 is 126 Å². The van der Waals surface area contributed by atoms with Crippen molar-refractivity contribution in [1.29, 1.82) is 0 Å². The topological polar surface area (TPSA) is 92.2 Å². The van der Waals surface area contributed by atoms with Crippen LogP contribution in [0.1, 0.15) is 0 Å². The molecule has 0 aliphatic carbocycles. The van der Waals surface area contributed by atoms with Gasteiger partial charge in [-0.3, -0.25) is 0 Å². The Hall–Kier alpha value is 0.215. The normalized spacial score (nSPS) is 7.95. The van der Waals surface area contributed by atoms with E-state index in [4.69, 9.17) is 15.1 Å². The van der Waals surface area contributed by atoms with Crippen LogP contribution >= 0.6 is 0 Å². The summed E-state index contributed by atoms with van der Waals surface area (Å²) in [7, 11) is -2.17. The molecule has 7 heteroatoms. The number of rotatable bonds is 0. The molecule has 0 heterocycles. The van der Waals surface area contributed by atoms with E-state index in [0.717, 1.165) is 52.2 Å². The molecular formula is C12H15BHg2O4. The van der Waals surface area contributed by atoms with E-state index in [-0.39, 0.29) is 5.48 Å². The SMILES string of the molecule is O.OB(O)O.[Hg][c]1ccccc1.[Hg][c]1ccccc1. The molecule has 2 aromatic rings. The molecule has 4 nitrogen and oxygen atoms in total. The summed E-state index contributed by atoms with van der Waals surface area (Å²) in [6.45, 7) is 0. The van der Waals surface area contributed by atoms with E-state index in [2.05, 4.69) is 60.7 Å². The van der Waals surface area contributed by atoms with Gasteiger partial charge in [0.2, 0.25) is 0 Å². The molecule has 0 aliphatic heterocycles. The van der Waals surface area contributed by atoms with Gasteiger partial charge in [-0.2, -0.15) is 0 Å². The molecule has 0 saturated carbocycles. The Morgan fingerprint density at radius 2 is 0.842 bits per heavy atom. The Morgan fingerprint density at radius 3 is 0.947 bits per heavy atom. The predicted octanol–water partition coefficient (Wildman–Crippen LogP) is -1.16. The molecule has 0 radical (unpaired) electrons. The third kappa shape index (κ3) is 18.2. The first-order valence-corrected chi connectivity index (χ1v) is 10.8. The summed E-state index contributed by atoms with van der Waals surface area (Å²) in [4.78, 5) is 0. The van der Waals surface area contributed by atoms with Crippen LogP contribution in [0, 0.1) is 0 Å². The second-order valence-corrected chi connectivity index (χ2v) is 9.67. The van der Waals surface area contributed by atoms with E-state index >= 15 is 0 Å². The fourth-order valence-corrected chi connectivity index (χ4v) is 3.07. The van der Waals surface area contributed by atoms with Crippen molar-refractivity contribution in [2.45, 2.75) is 0 Å². The van der Waals surface area contributed by atoms with Gasteiger partial charge in [-0.25, -0.2) is 0 Å². The molecule has 0 fully saturated rings. The summed E-state index contributed by atoms with van der Waals surface area (Å²) in [5, 5.41) is 21.5. The minimum absolute atomic E-state index is 0. The first-order valence-electron chi connectivity index (χ1n) is 5.30. The van der Waals surface area contributed by atoms with Crippen LogP contribution in [-0.4, -0.2) is 27.9 Å². The Labute approximate surface area is 145 Å². The first kappa shape index (κ1) is 21.5. The van der Waals surface area contributed by atoms with Crippen molar-refractivity contribution in [3.8, 4) is 0 Å². The zero-order valence-corrected chi connectivity index (χ0v) is 21.6. The molecule has 2 aromatic carbocycles. The summed E-state index contributed by atoms with van der Waals surface area (Å²) in [5.41, 5.74) is 0. The van der Waals surface area contributed by atoms with Crippen LogP contribution in [-0.2, 0) is 52.2 Å². The van der Waals surface area contributed by atoms with E-state index in [1.807, 2.05) is 0 Å². The molecule has 2 rings (SSSR count). The Kier molecular flexibility index (Phi) is 16.6. The van der Waals surface area contributed by atoms with Crippen molar-refractivity contribution in [2.24, 2.45) is 0 Å². The van der Waals surface area contributed by atoms with E-state index in [1.165, 1.54) is 6.14 Å². The Morgan fingerprint density at radius 1 is 0.632 bits per heavy atom. The van der Waals surface area contributed by atoms with Crippen molar-refractivity contribution in [3.63, 3.8) is 0 Å². The fraction of sp³-hybridized carbons (Fsp3) is 0. The average Bonchev–Trinajstić information content (AvgIpc) is 2.31. The average molecular weight is 635 g/mol. The zero-order valence-electron chi connectivity index (χ0n) is 10.6. The quantitative estimate of drug-likeness (QED) is 0.320. The van der Waals surface area contributed by atoms with E-state index in [0.29, 0.717) is 0 Å². The van der Waals surface area contributed by atoms with Crippen molar-refractivity contribution in [2.75, 3.05) is 0 Å². The van der Waals surface area contributed by atoms with Crippen LogP contribution in [0.4, 0.5) is 0 Å². The van der Waals surface area contributed by atoms with Crippen molar-refractivity contribution in [1.82, 2.24) is 0 Å². The number of hydrogen-bond acceptors (Lipinski definition) is 3. The van der Waals surface area contributed by atoms with Crippen LogP contribution in [0.2, 0.25) is 0 Å². The standard InChI is InChI=1S/2C6H5.BH3O3.2Hg.H2O/c2*1-2-4-6-5-3-1;2-1(3)4;;;/h2*1-5H;2-4H;;;1H2. The molecule has 19 heavy (non-hydrogen) atoms. The van der Waals surface area contributed by atoms with E-state index in [9.17, 15) is 0 Å². The van der Waals surface area contributed by atoms with Crippen LogP contribution in [0.3, 0.4) is 0 Å². The van der Waals surface area contributed by atoms with E-state index in [1.54, 1.807) is 0 Å². The number of hydrogen-bond donors (Lipinski definition) is 3. The van der Waals surface area contributed by atoms with Crippen LogP contribution in [0.5, 0.6) is 0 Å². The van der Waals surface area contributed by atoms with Gasteiger partial charge in [0.25, 0.3) is 0 Å². The second kappa shape index (κ2) is 14.6. The molecule has 0 saturated heterocycles. The Balaban J connectivity index is 0. The van der Waals surface area contributed by atoms with Gasteiger partial charge in [0.1, 0.15) is 0 Å². The molecule has 0 aliphatic rings. The first-order chi connectivity index (χ1) is 8.52. The van der Waals surface area contributed by atoms with Gasteiger partial charge in [-0.15, -0.1) is 0 Å². The zero-order chi connectivity index (χ0) is 13.8. The van der Waals surface area contributed by atoms with Crippen molar-refractivity contribution >= 4 is 13.5 Å². The minimum atomic E-state index is -2.17. The van der Waals surface area contributed by atoms with Gasteiger partial charge in [-0.1, -0.05) is 0 Å². The molecule has 0 atom stereocenters. The monoisotopic (exact) mass is 638 g/mol. The van der Waals surface area contributed by atoms with Gasteiger partial charge in [0.05, 0.1) is 0 Å². The van der Waals surface area contributed by atoms with E-state index < -0.39 is 7.32 Å². The molecular weight excluding hydrogens is 620 g/mol. The Bertz CT molecular complexity index is 361. The van der Waals surface area contributed by atoms with Crippen molar-refractivity contribution < 1.29 is 72.8 Å². The summed E-state index contributed by atoms with van der Waals surface area (Å²) in [6.07, 6.45) is 0. The van der Waals surface area contributed by atoms with Crippen LogP contribution in [0.25, 0.3) is 0 Å². The third-order valence-corrected chi connectivity index (χ3v) is 5.35. The summed E-state index contributed by atoms with van der Waals surface area (Å²) in [6, 6.07) is 21.1. The summed E-state index contributed by atoms with van der Waals surface area (Å²) in [5.74, 6) is 0. The molecule has 0 aromatic heterocycles. The molecule has 0 amide bonds. The predicted molar refractivity (Wildman–Crippen MR) is 68.2 cm³/mol. The van der Waals surface area contributed by atoms with Gasteiger partial charge < -0.3 is 20.5 Å². The maximum absolute atomic E-state index is 7.17. The molecule has 94 valence electrons. The molecule has 5 N–H and O–H groups in total. The maximum atomic E-state index is 7.17. The summed E-state index contributed by atoms with van der Waals surface area (Å²) >= 11 is 1.62. The summed E-state index contributed by atoms with van der Waals surface area (Å²) < 4.78 is 3.03. The van der Waals surface area contributed by atoms with Gasteiger partial charge in [-0.05, 0) is 0 Å². The molecule has 0 bridgehead atoms. The van der Waals surface area contributed by atoms with Crippen LogP contribution in [0.15, 0.2) is 60.7 Å². The van der Waals surface area contributed by atoms with Gasteiger partial charge in [0, 0.05) is 0 Å². The fourth-order valence-electron chi connectivity index (χ4n) is 0.956. The van der Waals surface area contributed by atoms with Crippen LogP contribution < -0.4 is 6.14 Å². The molecule has 0 spiro atoms. The van der Waals surface area contributed by atoms with Gasteiger partial charge in [0.15, 0.2) is 0 Å².